The van der Waals surface area contributed by atoms with Crippen molar-refractivity contribution in [2.24, 2.45) is 0 Å². The van der Waals surface area contributed by atoms with Gasteiger partial charge in [0.15, 0.2) is 0 Å². The zero-order valence-corrected chi connectivity index (χ0v) is 9.31. The second-order valence-electron chi connectivity index (χ2n) is 4.07. The van der Waals surface area contributed by atoms with Crippen molar-refractivity contribution in [1.29, 1.82) is 0 Å². The Balaban J connectivity index is 1.85. The Morgan fingerprint density at radius 2 is 2.36 bits per heavy atom. The minimum Gasteiger partial charge on any atom is -0.392 e. The highest BCUT2D eigenvalue weighted by molar-refractivity contribution is 7.08. The highest BCUT2D eigenvalue weighted by Gasteiger charge is 2.24. The molecule has 1 saturated carbocycles. The largest absolute Gasteiger partial charge is 0.392 e. The fourth-order valence-corrected chi connectivity index (χ4v) is 2.84. The number of nitrogens with one attached hydrogen (secondary N) is 1. The van der Waals surface area contributed by atoms with Gasteiger partial charge in [0.25, 0.3) is 0 Å². The third kappa shape index (κ3) is 2.16. The van der Waals surface area contributed by atoms with Crippen LogP contribution in [0.3, 0.4) is 0 Å². The van der Waals surface area contributed by atoms with Crippen molar-refractivity contribution in [1.82, 2.24) is 5.32 Å². The lowest BCUT2D eigenvalue weighted by Gasteiger charge is -2.16. The van der Waals surface area contributed by atoms with E-state index in [0.717, 1.165) is 25.8 Å². The van der Waals surface area contributed by atoms with Gasteiger partial charge in [0.1, 0.15) is 0 Å². The number of hydrogen-bond donors (Lipinski definition) is 2. The first-order valence-electron chi connectivity index (χ1n) is 5.20. The fraction of sp³-hybridized carbons (Fsp3) is 0.636. The van der Waals surface area contributed by atoms with Crippen LogP contribution in [0.2, 0.25) is 0 Å². The second-order valence-corrected chi connectivity index (χ2v) is 4.81. The first-order valence-corrected chi connectivity index (χ1v) is 6.15. The van der Waals surface area contributed by atoms with Gasteiger partial charge in [-0.15, -0.1) is 0 Å². The summed E-state index contributed by atoms with van der Waals surface area (Å²) in [5.74, 6) is 0. The van der Waals surface area contributed by atoms with Crippen molar-refractivity contribution in [2.75, 3.05) is 0 Å². The summed E-state index contributed by atoms with van der Waals surface area (Å²) in [6, 6.07) is 0.314. The summed E-state index contributed by atoms with van der Waals surface area (Å²) in [5, 5.41) is 17.4. The maximum absolute atomic E-state index is 9.63. The van der Waals surface area contributed by atoms with Crippen LogP contribution in [-0.2, 0) is 6.54 Å². The Morgan fingerprint density at radius 1 is 1.50 bits per heavy atom. The lowest BCUT2D eigenvalue weighted by atomic mass is 10.2. The minimum atomic E-state index is -0.131. The molecule has 2 nitrogen and oxygen atoms in total. The summed E-state index contributed by atoms with van der Waals surface area (Å²) < 4.78 is 0. The summed E-state index contributed by atoms with van der Waals surface area (Å²) in [6.07, 6.45) is 3.10. The molecule has 1 aliphatic rings. The molecule has 1 aromatic rings. The van der Waals surface area contributed by atoms with Crippen LogP contribution in [-0.4, -0.2) is 17.3 Å². The number of aliphatic hydroxyl groups is 1. The van der Waals surface area contributed by atoms with Crippen LogP contribution in [0.4, 0.5) is 0 Å². The van der Waals surface area contributed by atoms with Crippen LogP contribution in [0, 0.1) is 6.92 Å². The normalized spacial score (nSPS) is 27.0. The summed E-state index contributed by atoms with van der Waals surface area (Å²) in [6.45, 7) is 3.04. The predicted octanol–water partition coefficient (Wildman–Crippen LogP) is 2.06. The molecule has 2 rings (SSSR count). The first-order chi connectivity index (χ1) is 6.77. The van der Waals surface area contributed by atoms with E-state index in [0.29, 0.717) is 6.04 Å². The highest BCUT2D eigenvalue weighted by atomic mass is 32.1. The Hall–Kier alpha value is -0.380. The number of aliphatic hydroxyl groups excluding tert-OH is 1. The van der Waals surface area contributed by atoms with E-state index in [2.05, 4.69) is 23.0 Å². The number of rotatable bonds is 3. The fourth-order valence-electron chi connectivity index (χ4n) is 1.99. The van der Waals surface area contributed by atoms with E-state index in [-0.39, 0.29) is 6.10 Å². The molecule has 14 heavy (non-hydrogen) atoms. The van der Waals surface area contributed by atoms with Crippen molar-refractivity contribution < 1.29 is 5.11 Å². The number of aryl methyl sites for hydroxylation is 1. The van der Waals surface area contributed by atoms with Crippen molar-refractivity contribution in [3.63, 3.8) is 0 Å². The van der Waals surface area contributed by atoms with Gasteiger partial charge in [0, 0.05) is 12.6 Å². The van der Waals surface area contributed by atoms with Crippen LogP contribution in [0.15, 0.2) is 10.8 Å². The van der Waals surface area contributed by atoms with E-state index < -0.39 is 0 Å². The SMILES string of the molecule is Cc1cscc1CNC1CCCC1O. The molecular formula is C11H17NOS. The molecule has 0 bridgehead atoms. The lowest BCUT2D eigenvalue weighted by molar-refractivity contribution is 0.148. The summed E-state index contributed by atoms with van der Waals surface area (Å²) in [7, 11) is 0. The molecule has 3 heteroatoms. The van der Waals surface area contributed by atoms with Gasteiger partial charge in [0.05, 0.1) is 6.10 Å². The first kappa shape index (κ1) is 10.1. The minimum absolute atomic E-state index is 0.131. The van der Waals surface area contributed by atoms with Gasteiger partial charge in [0.2, 0.25) is 0 Å². The Bertz CT molecular complexity index is 297. The lowest BCUT2D eigenvalue weighted by Crippen LogP contribution is -2.35. The Kier molecular flexibility index (Phi) is 3.21. The molecule has 0 saturated heterocycles. The van der Waals surface area contributed by atoms with E-state index in [1.807, 2.05) is 0 Å². The van der Waals surface area contributed by atoms with Gasteiger partial charge in [-0.1, -0.05) is 0 Å². The number of thiophene rings is 1. The van der Waals surface area contributed by atoms with Gasteiger partial charge < -0.3 is 10.4 Å². The predicted molar refractivity (Wildman–Crippen MR) is 59.5 cm³/mol. The quantitative estimate of drug-likeness (QED) is 0.802. The van der Waals surface area contributed by atoms with E-state index in [1.165, 1.54) is 11.1 Å². The van der Waals surface area contributed by atoms with Gasteiger partial charge in [-0.3, -0.25) is 0 Å². The van der Waals surface area contributed by atoms with Gasteiger partial charge in [-0.05, 0) is 48.1 Å². The molecule has 1 heterocycles. The van der Waals surface area contributed by atoms with E-state index in [4.69, 9.17) is 0 Å². The topological polar surface area (TPSA) is 32.3 Å². The molecule has 1 fully saturated rings. The van der Waals surface area contributed by atoms with Gasteiger partial charge in [-0.25, -0.2) is 0 Å². The molecule has 2 unspecified atom stereocenters. The average Bonchev–Trinajstić information content (AvgIpc) is 2.72. The molecule has 0 radical (unpaired) electrons. The molecule has 1 aliphatic carbocycles. The molecule has 0 spiro atoms. The molecular weight excluding hydrogens is 194 g/mol. The second kappa shape index (κ2) is 4.43. The highest BCUT2D eigenvalue weighted by Crippen LogP contribution is 2.20. The third-order valence-corrected chi connectivity index (χ3v) is 3.91. The standard InChI is InChI=1S/C11H17NOS/c1-8-6-14-7-9(8)5-12-10-3-2-4-11(10)13/h6-7,10-13H,2-5H2,1H3. The molecule has 2 N–H and O–H groups in total. The van der Waals surface area contributed by atoms with E-state index in [9.17, 15) is 5.11 Å². The van der Waals surface area contributed by atoms with Crippen molar-refractivity contribution in [3.05, 3.63) is 21.9 Å². The maximum atomic E-state index is 9.63. The van der Waals surface area contributed by atoms with Crippen molar-refractivity contribution in [2.45, 2.75) is 44.9 Å². The maximum Gasteiger partial charge on any atom is 0.0693 e. The van der Waals surface area contributed by atoms with Crippen LogP contribution in [0.1, 0.15) is 30.4 Å². The summed E-state index contributed by atoms with van der Waals surface area (Å²) in [4.78, 5) is 0. The number of hydrogen-bond acceptors (Lipinski definition) is 3. The third-order valence-electron chi connectivity index (χ3n) is 3.00. The van der Waals surface area contributed by atoms with Crippen LogP contribution < -0.4 is 5.32 Å². The molecule has 0 aromatic carbocycles. The van der Waals surface area contributed by atoms with Crippen LogP contribution in [0.25, 0.3) is 0 Å². The smallest absolute Gasteiger partial charge is 0.0693 e. The molecule has 1 aromatic heterocycles. The molecule has 0 amide bonds. The van der Waals surface area contributed by atoms with Gasteiger partial charge >= 0.3 is 0 Å². The van der Waals surface area contributed by atoms with Crippen LogP contribution >= 0.6 is 11.3 Å². The molecule has 0 aliphatic heterocycles. The van der Waals surface area contributed by atoms with Gasteiger partial charge in [-0.2, -0.15) is 11.3 Å². The van der Waals surface area contributed by atoms with E-state index >= 15 is 0 Å². The Morgan fingerprint density at radius 3 is 2.93 bits per heavy atom. The molecule has 78 valence electrons. The van der Waals surface area contributed by atoms with Crippen molar-refractivity contribution >= 4 is 11.3 Å². The average molecular weight is 211 g/mol. The zero-order valence-electron chi connectivity index (χ0n) is 8.49. The van der Waals surface area contributed by atoms with E-state index in [1.54, 1.807) is 11.3 Å². The molecule has 2 atom stereocenters. The van der Waals surface area contributed by atoms with Crippen molar-refractivity contribution in [3.8, 4) is 0 Å². The Labute approximate surface area is 89.0 Å². The zero-order chi connectivity index (χ0) is 9.97. The monoisotopic (exact) mass is 211 g/mol. The van der Waals surface area contributed by atoms with Crippen LogP contribution in [0.5, 0.6) is 0 Å². The summed E-state index contributed by atoms with van der Waals surface area (Å²) in [5.41, 5.74) is 2.73. The summed E-state index contributed by atoms with van der Waals surface area (Å²) >= 11 is 1.75.